The molecule has 1 aliphatic rings. The fourth-order valence-electron chi connectivity index (χ4n) is 6.72. The van der Waals surface area contributed by atoms with Gasteiger partial charge in [-0.05, 0) is 25.2 Å². The van der Waals surface area contributed by atoms with Crippen molar-refractivity contribution < 1.29 is 48.6 Å². The first kappa shape index (κ1) is 35.3. The van der Waals surface area contributed by atoms with Crippen LogP contribution in [0.5, 0.6) is 11.5 Å². The number of ether oxygens (including phenoxy) is 1. The molecule has 1 nitrogen and oxygen atoms in total. The van der Waals surface area contributed by atoms with Gasteiger partial charge in [0.05, 0.1) is 5.75 Å². The number of rotatable bonds is 6. The van der Waals surface area contributed by atoms with Gasteiger partial charge in [-0.3, -0.25) is 0 Å². The third kappa shape index (κ3) is 5.38. The van der Waals surface area contributed by atoms with E-state index in [-0.39, 0.29) is 17.1 Å². The highest BCUT2D eigenvalue weighted by Gasteiger charge is 2.39. The summed E-state index contributed by atoms with van der Waals surface area (Å²) in [6.07, 6.45) is 0. The van der Waals surface area contributed by atoms with E-state index in [4.69, 9.17) is 4.74 Å². The van der Waals surface area contributed by atoms with E-state index >= 15 is 17.6 Å². The van der Waals surface area contributed by atoms with Crippen LogP contribution in [0.4, 0.5) is 43.9 Å². The fraction of sp³-hybridized carbons (Fsp3) is 0.0769. The van der Waals surface area contributed by atoms with Gasteiger partial charge in [-0.15, -0.1) is 0 Å². The zero-order valence-electron chi connectivity index (χ0n) is 27.0. The van der Waals surface area contributed by atoms with E-state index < -0.39 is 94.6 Å². The zero-order chi connectivity index (χ0) is 37.2. The van der Waals surface area contributed by atoms with Crippen LogP contribution in [0.3, 0.4) is 0 Å². The van der Waals surface area contributed by atoms with Gasteiger partial charge in [-0.25, -0.2) is 43.9 Å². The van der Waals surface area contributed by atoms with Crippen molar-refractivity contribution in [2.75, 3.05) is 0 Å². The molecule has 52 heavy (non-hydrogen) atoms. The molecule has 0 N–H and O–H groups in total. The van der Waals surface area contributed by atoms with Crippen LogP contribution in [-0.4, -0.2) is 6.71 Å². The Bertz CT molecular complexity index is 2220. The van der Waals surface area contributed by atoms with Gasteiger partial charge in [0.1, 0.15) is 29.0 Å². The topological polar surface area (TPSA) is 9.23 Å². The number of halogens is 10. The highest BCUT2D eigenvalue weighted by molar-refractivity contribution is 7.80. The summed E-state index contributed by atoms with van der Waals surface area (Å²) in [7, 11) is -1.40. The maximum atomic E-state index is 15.7. The number of para-hydroxylation sites is 2. The molecule has 1 radical (unpaired) electrons. The molecular formula is C39H22BF10OP-. The Labute approximate surface area is 292 Å². The van der Waals surface area contributed by atoms with Gasteiger partial charge in [0.2, 0.25) is 0 Å². The van der Waals surface area contributed by atoms with Gasteiger partial charge in [0, 0.05) is 21.8 Å². The van der Waals surface area contributed by atoms with Crippen molar-refractivity contribution >= 4 is 46.9 Å². The van der Waals surface area contributed by atoms with Crippen LogP contribution >= 0.6 is 7.92 Å². The molecule has 1 heterocycles. The van der Waals surface area contributed by atoms with Crippen molar-refractivity contribution in [3.05, 3.63) is 166 Å². The van der Waals surface area contributed by atoms with Crippen LogP contribution in [0.2, 0.25) is 0 Å². The van der Waals surface area contributed by atoms with E-state index in [0.717, 1.165) is 16.7 Å². The van der Waals surface area contributed by atoms with Crippen LogP contribution in [-0.2, 0) is 5.41 Å². The van der Waals surface area contributed by atoms with Crippen molar-refractivity contribution in [2.24, 2.45) is 0 Å². The summed E-state index contributed by atoms with van der Waals surface area (Å²) in [5.74, 6) is -25.4. The largest absolute Gasteiger partial charge is 0.459 e. The fourth-order valence-corrected chi connectivity index (χ4v) is 9.12. The smallest absolute Gasteiger partial charge is 0.200 e. The predicted molar refractivity (Wildman–Crippen MR) is 181 cm³/mol. The summed E-state index contributed by atoms with van der Waals surface area (Å²) in [5.41, 5.74) is -4.54. The Morgan fingerprint density at radius 2 is 0.827 bits per heavy atom. The van der Waals surface area contributed by atoms with E-state index in [0.29, 0.717) is 10.9 Å². The first-order chi connectivity index (χ1) is 24.8. The summed E-state index contributed by atoms with van der Waals surface area (Å²) >= 11 is 0. The highest BCUT2D eigenvalue weighted by atomic mass is 31.1. The lowest BCUT2D eigenvalue weighted by molar-refractivity contribution is 0.382. The van der Waals surface area contributed by atoms with E-state index in [9.17, 15) is 26.3 Å². The quantitative estimate of drug-likeness (QED) is 0.0558. The zero-order valence-corrected chi connectivity index (χ0v) is 27.8. The van der Waals surface area contributed by atoms with Gasteiger partial charge >= 0.3 is 0 Å². The minimum atomic E-state index is -2.79. The highest BCUT2D eigenvalue weighted by Crippen LogP contribution is 2.50. The molecule has 0 bridgehead atoms. The van der Waals surface area contributed by atoms with Crippen molar-refractivity contribution in [1.29, 1.82) is 0 Å². The predicted octanol–water partition coefficient (Wildman–Crippen LogP) is 7.78. The third-order valence-electron chi connectivity index (χ3n) is 9.24. The molecule has 0 aromatic heterocycles. The summed E-state index contributed by atoms with van der Waals surface area (Å²) in [6.45, 7) is 0.707. The Kier molecular flexibility index (Phi) is 8.94. The lowest BCUT2D eigenvalue weighted by Gasteiger charge is -2.41. The molecule has 0 fully saturated rings. The van der Waals surface area contributed by atoms with Gasteiger partial charge in [-0.2, -0.15) is 16.4 Å². The number of fused-ring (bicyclic) bond motifs is 2. The standard InChI is InChI=1S/C39H22BF10OP/c1-39(2)21-15-9-17-23(40(25-27(41)31(45)35(49)32(46)28(25)42)26-29(43)33(47)36(50)34(48)30(26)44)37(21)51-38-22(39)16-10-18-24(38)52(19-11-5-3-6-12-19)20-13-7-4-8-14-20/h3-18H,1-2H3/q-1. The van der Waals surface area contributed by atoms with E-state index in [2.05, 4.69) is 0 Å². The number of hydrogen-bond acceptors (Lipinski definition) is 1. The minimum Gasteiger partial charge on any atom is -0.459 e. The van der Waals surface area contributed by atoms with Crippen LogP contribution < -0.4 is 37.0 Å². The van der Waals surface area contributed by atoms with Crippen LogP contribution in [0.15, 0.2) is 97.1 Å². The second kappa shape index (κ2) is 13.2. The van der Waals surface area contributed by atoms with Crippen molar-refractivity contribution in [3.63, 3.8) is 0 Å². The third-order valence-corrected chi connectivity index (χ3v) is 11.7. The van der Waals surface area contributed by atoms with E-state index in [1.54, 1.807) is 26.0 Å². The van der Waals surface area contributed by atoms with Gasteiger partial charge in [-0.1, -0.05) is 111 Å². The Morgan fingerprint density at radius 1 is 0.442 bits per heavy atom. The monoisotopic (exact) mass is 738 g/mol. The maximum Gasteiger partial charge on any atom is 0.200 e. The Hall–Kier alpha value is -5.09. The molecule has 263 valence electrons. The molecule has 0 atom stereocenters. The Morgan fingerprint density at radius 3 is 1.27 bits per heavy atom. The van der Waals surface area contributed by atoms with Gasteiger partial charge in [0.25, 0.3) is 0 Å². The van der Waals surface area contributed by atoms with E-state index in [1.165, 1.54) is 12.1 Å². The molecule has 0 saturated carbocycles. The number of benzene rings is 6. The molecule has 0 saturated heterocycles. The first-order valence-electron chi connectivity index (χ1n) is 15.6. The van der Waals surface area contributed by atoms with E-state index in [1.807, 2.05) is 66.7 Å². The molecule has 6 aromatic carbocycles. The molecule has 6 aromatic rings. The lowest BCUT2D eigenvalue weighted by atomic mass is 9.35. The molecule has 7 rings (SSSR count). The van der Waals surface area contributed by atoms with Crippen LogP contribution in [0.1, 0.15) is 25.0 Å². The molecule has 0 amide bonds. The van der Waals surface area contributed by atoms with Crippen LogP contribution in [0.25, 0.3) is 0 Å². The molecule has 1 aliphatic heterocycles. The minimum absolute atomic E-state index is 0.222. The first-order valence-corrected chi connectivity index (χ1v) is 17.0. The average Bonchev–Trinajstić information content (AvgIpc) is 3.15. The second-order valence-corrected chi connectivity index (χ2v) is 14.7. The molecule has 0 aliphatic carbocycles. The SMILES string of the molecule is CC1(C)c2cccc([B-](c3c(F)c(F)c(F)c(F)c3F)c3c(F)c(F)c(F)c(F)c3F)c2Oc2c(P(c3ccccc3)c3ccccc3)cccc21. The maximum absolute atomic E-state index is 15.7. The van der Waals surface area contributed by atoms with Crippen molar-refractivity contribution in [2.45, 2.75) is 19.3 Å². The summed E-state index contributed by atoms with van der Waals surface area (Å²) in [5, 5.41) is 2.40. The molecular weight excluding hydrogens is 716 g/mol. The molecule has 13 heteroatoms. The molecule has 0 spiro atoms. The second-order valence-electron chi connectivity index (χ2n) is 12.5. The normalized spacial score (nSPS) is 13.3. The van der Waals surface area contributed by atoms with Gasteiger partial charge < -0.3 is 4.74 Å². The number of hydrogen-bond donors (Lipinski definition) is 0. The average molecular weight is 738 g/mol. The lowest BCUT2D eigenvalue weighted by Crippen LogP contribution is -2.58. The summed E-state index contributed by atoms with van der Waals surface area (Å²) in [4.78, 5) is 0. The Balaban J connectivity index is 1.56. The van der Waals surface area contributed by atoms with Crippen molar-refractivity contribution in [3.8, 4) is 11.5 Å². The van der Waals surface area contributed by atoms with Gasteiger partial charge in [0.15, 0.2) is 34.9 Å². The van der Waals surface area contributed by atoms with Crippen LogP contribution in [0, 0.1) is 58.2 Å². The summed E-state index contributed by atoms with van der Waals surface area (Å²) < 4.78 is 157. The van der Waals surface area contributed by atoms with Crippen molar-refractivity contribution in [1.82, 2.24) is 0 Å². The summed E-state index contributed by atoms with van der Waals surface area (Å²) in [6, 6.07) is 27.9. The molecule has 0 unspecified atom stereocenters.